The van der Waals surface area contributed by atoms with Crippen molar-refractivity contribution >= 4 is 24.6 Å². The number of rotatable bonds is 3. The van der Waals surface area contributed by atoms with Gasteiger partial charge in [-0.15, -0.1) is 0 Å². The summed E-state index contributed by atoms with van der Waals surface area (Å²) in [6.45, 7) is 0. The highest BCUT2D eigenvalue weighted by molar-refractivity contribution is 6.56. The molecule has 2 aliphatic rings. The Hall–Kier alpha value is -2.46. The lowest BCUT2D eigenvalue weighted by atomic mass is 9.88. The number of allylic oxidation sites excluding steroid dienone is 8. The molecule has 1 aromatic rings. The van der Waals surface area contributed by atoms with E-state index in [0.29, 0.717) is 22.8 Å². The average molecular weight is 280 g/mol. The van der Waals surface area contributed by atoms with Crippen molar-refractivity contribution in [1.29, 1.82) is 0 Å². The van der Waals surface area contributed by atoms with E-state index in [1.165, 1.54) is 0 Å². The minimum atomic E-state index is -1.64. The highest BCUT2D eigenvalue weighted by Crippen LogP contribution is 2.14. The normalized spacial score (nSPS) is 15.9. The Bertz CT molecular complexity index is 815. The van der Waals surface area contributed by atoms with Crippen molar-refractivity contribution in [1.82, 2.24) is 0 Å². The van der Waals surface area contributed by atoms with Crippen LogP contribution in [0.5, 0.6) is 0 Å². The van der Waals surface area contributed by atoms with E-state index in [9.17, 15) is 0 Å². The maximum Gasteiger partial charge on any atom is 0.526 e. The Morgan fingerprint density at radius 1 is 1.19 bits per heavy atom. The lowest BCUT2D eigenvalue weighted by Crippen LogP contribution is -2.28. The van der Waals surface area contributed by atoms with E-state index in [1.54, 1.807) is 24.3 Å². The maximum absolute atomic E-state index is 9.14. The molecule has 0 saturated heterocycles. The Morgan fingerprint density at radius 2 is 2.10 bits per heavy atom. The summed E-state index contributed by atoms with van der Waals surface area (Å²) >= 11 is 0. The van der Waals surface area contributed by atoms with Gasteiger partial charge >= 0.3 is 7.12 Å². The van der Waals surface area contributed by atoms with E-state index in [4.69, 9.17) is 19.2 Å². The van der Waals surface area contributed by atoms with Crippen LogP contribution < -0.4 is 16.3 Å². The fraction of sp³-hybridized carbons (Fsp3) is 0.0625. The number of ether oxygens (including phenoxy) is 1. The summed E-state index contributed by atoms with van der Waals surface area (Å²) in [7, 11) is -1.64. The summed E-state index contributed by atoms with van der Waals surface area (Å²) < 4.78 is 11.2. The third kappa shape index (κ3) is 3.17. The topological polar surface area (TPSA) is 62.8 Å². The molecule has 0 aliphatic heterocycles. The van der Waals surface area contributed by atoms with Crippen LogP contribution in [0.1, 0.15) is 6.42 Å². The van der Waals surface area contributed by atoms with Gasteiger partial charge in [-0.25, -0.2) is 0 Å². The number of hydrogen-bond acceptors (Lipinski definition) is 4. The first kappa shape index (κ1) is 13.5. The van der Waals surface area contributed by atoms with Crippen LogP contribution in [0.4, 0.5) is 0 Å². The van der Waals surface area contributed by atoms with Gasteiger partial charge in [-0.3, -0.25) is 0 Å². The van der Waals surface area contributed by atoms with Crippen LogP contribution in [0.3, 0.4) is 0 Å². The van der Waals surface area contributed by atoms with E-state index in [1.807, 2.05) is 30.4 Å². The number of fused-ring (bicyclic) bond motifs is 1. The number of furan rings is 1. The van der Waals surface area contributed by atoms with Crippen LogP contribution in [-0.2, 0) is 4.74 Å². The molecular weight excluding hydrogens is 267 g/mol. The van der Waals surface area contributed by atoms with Crippen molar-refractivity contribution in [3.8, 4) is 0 Å². The van der Waals surface area contributed by atoms with Gasteiger partial charge in [0.05, 0.1) is 0 Å². The molecule has 21 heavy (non-hydrogen) atoms. The van der Waals surface area contributed by atoms with Crippen LogP contribution in [0, 0.1) is 0 Å². The minimum absolute atomic E-state index is 0.0814. The fourth-order valence-corrected chi connectivity index (χ4v) is 2.02. The van der Waals surface area contributed by atoms with E-state index in [2.05, 4.69) is 5.73 Å². The lowest BCUT2D eigenvalue weighted by molar-refractivity contribution is 0.320. The Morgan fingerprint density at radius 3 is 2.95 bits per heavy atom. The van der Waals surface area contributed by atoms with Crippen molar-refractivity contribution in [3.63, 3.8) is 0 Å². The smallest absolute Gasteiger partial charge is 0.461 e. The van der Waals surface area contributed by atoms with Gasteiger partial charge in [0, 0.05) is 11.6 Å². The van der Waals surface area contributed by atoms with Crippen LogP contribution in [0.2, 0.25) is 0 Å². The van der Waals surface area contributed by atoms with E-state index < -0.39 is 7.12 Å². The molecule has 0 spiro atoms. The summed E-state index contributed by atoms with van der Waals surface area (Å²) in [5.74, 6) is 1.46. The second-order valence-corrected chi connectivity index (χ2v) is 4.58. The summed E-state index contributed by atoms with van der Waals surface area (Å²) in [5, 5.41) is 19.0. The Labute approximate surface area is 121 Å². The predicted molar refractivity (Wildman–Crippen MR) is 80.4 cm³/mol. The largest absolute Gasteiger partial charge is 0.526 e. The van der Waals surface area contributed by atoms with Gasteiger partial charge < -0.3 is 19.2 Å². The molecule has 0 aromatic carbocycles. The molecule has 2 N–H and O–H groups in total. The standard InChI is InChI=1S/C16H13BO4/c18-17(19)16-11-12-10-14(8-5-9-15(12)21-16)20-13-6-3-1-2-4-7-13/h1-6,8,10-11,18-19H,7H2. The molecule has 0 radical (unpaired) electrons. The van der Waals surface area contributed by atoms with Crippen molar-refractivity contribution in [3.05, 3.63) is 70.8 Å². The van der Waals surface area contributed by atoms with E-state index in [0.717, 1.165) is 5.76 Å². The second kappa shape index (κ2) is 5.89. The van der Waals surface area contributed by atoms with Crippen LogP contribution in [0.15, 0.2) is 64.5 Å². The van der Waals surface area contributed by atoms with Gasteiger partial charge in [-0.05, 0) is 30.4 Å². The third-order valence-corrected chi connectivity index (χ3v) is 3.00. The minimum Gasteiger partial charge on any atom is -0.461 e. The third-order valence-electron chi connectivity index (χ3n) is 3.00. The van der Waals surface area contributed by atoms with Gasteiger partial charge in [-0.1, -0.05) is 30.0 Å². The first-order chi connectivity index (χ1) is 10.2. The molecule has 0 unspecified atom stereocenters. The first-order valence-corrected chi connectivity index (χ1v) is 6.57. The maximum atomic E-state index is 9.14. The van der Waals surface area contributed by atoms with Crippen LogP contribution in [-0.4, -0.2) is 17.2 Å². The van der Waals surface area contributed by atoms with Gasteiger partial charge in [0.2, 0.25) is 0 Å². The molecule has 0 bridgehead atoms. The predicted octanol–water partition coefficient (Wildman–Crippen LogP) is -0.0104. The van der Waals surface area contributed by atoms with E-state index in [-0.39, 0.29) is 5.66 Å². The molecule has 104 valence electrons. The summed E-state index contributed by atoms with van der Waals surface area (Å²) in [4.78, 5) is 0. The Balaban J connectivity index is 1.91. The zero-order valence-electron chi connectivity index (χ0n) is 11.2. The van der Waals surface area contributed by atoms with Crippen LogP contribution in [0.25, 0.3) is 11.8 Å². The molecule has 2 aliphatic carbocycles. The Kier molecular flexibility index (Phi) is 3.80. The van der Waals surface area contributed by atoms with Gasteiger partial charge in [-0.2, -0.15) is 0 Å². The molecule has 0 fully saturated rings. The molecule has 1 aromatic heterocycles. The van der Waals surface area contributed by atoms with Gasteiger partial charge in [0.1, 0.15) is 17.2 Å². The summed E-state index contributed by atoms with van der Waals surface area (Å²) in [6.07, 6.45) is 15.7. The number of hydrogen-bond donors (Lipinski definition) is 2. The molecule has 0 amide bonds. The van der Waals surface area contributed by atoms with Crippen molar-refractivity contribution < 1.29 is 19.2 Å². The first-order valence-electron chi connectivity index (χ1n) is 6.57. The molecular formula is C16H13BO4. The second-order valence-electron chi connectivity index (χ2n) is 4.58. The summed E-state index contributed by atoms with van der Waals surface area (Å²) in [6, 6.07) is 1.56. The molecule has 3 rings (SSSR count). The highest BCUT2D eigenvalue weighted by Gasteiger charge is 2.16. The monoisotopic (exact) mass is 280 g/mol. The van der Waals surface area contributed by atoms with Crippen LogP contribution >= 0.6 is 0 Å². The van der Waals surface area contributed by atoms with Gasteiger partial charge in [0.25, 0.3) is 0 Å². The quantitative estimate of drug-likeness (QED) is 0.764. The lowest BCUT2D eigenvalue weighted by Gasteiger charge is -2.07. The van der Waals surface area contributed by atoms with Gasteiger partial charge in [0.15, 0.2) is 5.42 Å². The van der Waals surface area contributed by atoms with Crippen molar-refractivity contribution in [2.24, 2.45) is 0 Å². The van der Waals surface area contributed by atoms with Crippen molar-refractivity contribution in [2.45, 2.75) is 6.42 Å². The van der Waals surface area contributed by atoms with Crippen molar-refractivity contribution in [2.75, 3.05) is 0 Å². The molecule has 4 nitrogen and oxygen atoms in total. The average Bonchev–Trinajstić information content (AvgIpc) is 2.64. The summed E-state index contributed by atoms with van der Waals surface area (Å²) in [5.41, 5.74) is 3.46. The highest BCUT2D eigenvalue weighted by atomic mass is 16.5. The SMILES string of the molecule is OB(O)c1cc2c(o1)=C=CC=C(OC1=CC=CC=CC1)C=2. The fourth-order valence-electron chi connectivity index (χ4n) is 2.02. The zero-order chi connectivity index (χ0) is 14.7. The molecule has 0 saturated carbocycles. The molecule has 0 atom stereocenters. The molecule has 5 heteroatoms. The zero-order valence-corrected chi connectivity index (χ0v) is 11.2. The van der Waals surface area contributed by atoms with E-state index >= 15 is 0 Å². The molecule has 1 heterocycles.